The predicted molar refractivity (Wildman–Crippen MR) is 142 cm³/mol. The predicted octanol–water partition coefficient (Wildman–Crippen LogP) is 4.86. The van der Waals surface area contributed by atoms with E-state index in [9.17, 15) is 9.59 Å². The minimum atomic E-state index is -0.690. The van der Waals surface area contributed by atoms with Crippen molar-refractivity contribution in [2.24, 2.45) is 0 Å². The number of benzene rings is 2. The molecule has 0 bridgehead atoms. The Labute approximate surface area is 217 Å². The van der Waals surface area contributed by atoms with E-state index < -0.39 is 11.5 Å². The van der Waals surface area contributed by atoms with E-state index in [0.717, 1.165) is 5.56 Å². The number of carbonyl (C=O) groups is 1. The summed E-state index contributed by atoms with van der Waals surface area (Å²) in [5.74, 6) is 1.23. The van der Waals surface area contributed by atoms with Crippen LogP contribution in [0.15, 0.2) is 40.5 Å². The van der Waals surface area contributed by atoms with Gasteiger partial charge in [-0.15, -0.1) is 11.3 Å². The lowest BCUT2D eigenvalue weighted by molar-refractivity contribution is 0.0591. The Morgan fingerprint density at radius 1 is 0.784 bits per heavy atom. The molecule has 0 spiro atoms. The fraction of sp³-hybridized carbons (Fsp3) is 0.259. The van der Waals surface area contributed by atoms with Crippen molar-refractivity contribution in [3.05, 3.63) is 57.3 Å². The molecule has 0 aliphatic carbocycles. The van der Waals surface area contributed by atoms with Gasteiger partial charge in [0.05, 0.1) is 48.0 Å². The van der Waals surface area contributed by atoms with E-state index >= 15 is 0 Å². The molecule has 37 heavy (non-hydrogen) atoms. The third-order valence-electron chi connectivity index (χ3n) is 6.06. The lowest BCUT2D eigenvalue weighted by Crippen LogP contribution is -2.26. The molecule has 2 aromatic heterocycles. The first-order chi connectivity index (χ1) is 17.8. The van der Waals surface area contributed by atoms with Gasteiger partial charge in [0, 0.05) is 10.9 Å². The number of aromatic nitrogens is 1. The molecule has 194 valence electrons. The zero-order valence-electron chi connectivity index (χ0n) is 21.6. The molecule has 2 aromatic carbocycles. The Morgan fingerprint density at radius 3 is 1.81 bits per heavy atom. The number of hydrogen-bond donors (Lipinski definition) is 0. The number of methoxy groups -OCH3 is 6. The Balaban J connectivity index is 2.31. The van der Waals surface area contributed by atoms with Crippen molar-refractivity contribution in [1.82, 2.24) is 4.57 Å². The van der Waals surface area contributed by atoms with Gasteiger partial charge in [-0.05, 0) is 53.8 Å². The van der Waals surface area contributed by atoms with Gasteiger partial charge in [-0.2, -0.15) is 0 Å². The van der Waals surface area contributed by atoms with Gasteiger partial charge in [-0.3, -0.25) is 9.36 Å². The van der Waals surface area contributed by atoms with Gasteiger partial charge in [0.2, 0.25) is 5.75 Å². The van der Waals surface area contributed by atoms with E-state index in [1.54, 1.807) is 24.3 Å². The number of hydrogen-bond acceptors (Lipinski definition) is 9. The standard InChI is InChI=1S/C27H27NO8S/c1-14-8-9-37-26(14)28-23(27(30)36-7)22(15-10-20(33-4)24(35-6)21(11-15)34-5)16-12-18(31-2)19(32-3)13-17(16)25(28)29/h8-13H,1-7H3. The molecule has 4 aromatic rings. The number of esters is 1. The van der Waals surface area contributed by atoms with Crippen LogP contribution in [0.4, 0.5) is 0 Å². The number of nitrogens with zero attached hydrogens (tertiary/aromatic N) is 1. The molecule has 0 unspecified atom stereocenters. The SMILES string of the molecule is COC(=O)c1c(-c2cc(OC)c(OC)c(OC)c2)c2cc(OC)c(OC)cc2c(=O)n1-c1sccc1C. The van der Waals surface area contributed by atoms with E-state index in [-0.39, 0.29) is 5.69 Å². The molecule has 0 amide bonds. The zero-order chi connectivity index (χ0) is 26.9. The van der Waals surface area contributed by atoms with Gasteiger partial charge in [-0.1, -0.05) is 0 Å². The number of ether oxygens (including phenoxy) is 6. The molecule has 0 saturated carbocycles. The second-order valence-electron chi connectivity index (χ2n) is 7.93. The summed E-state index contributed by atoms with van der Waals surface area (Å²) in [5.41, 5.74) is 1.43. The van der Waals surface area contributed by atoms with Gasteiger partial charge in [0.15, 0.2) is 23.0 Å². The van der Waals surface area contributed by atoms with Crippen LogP contribution in [-0.2, 0) is 4.74 Å². The summed E-state index contributed by atoms with van der Waals surface area (Å²) < 4.78 is 34.2. The first-order valence-corrected chi connectivity index (χ1v) is 12.0. The van der Waals surface area contributed by atoms with Crippen LogP contribution < -0.4 is 29.2 Å². The summed E-state index contributed by atoms with van der Waals surface area (Å²) in [7, 11) is 8.78. The highest BCUT2D eigenvalue weighted by Crippen LogP contribution is 2.45. The molecule has 0 fully saturated rings. The van der Waals surface area contributed by atoms with Crippen molar-refractivity contribution in [2.45, 2.75) is 6.92 Å². The average Bonchev–Trinajstić information content (AvgIpc) is 3.35. The van der Waals surface area contributed by atoms with Crippen LogP contribution >= 0.6 is 11.3 Å². The van der Waals surface area contributed by atoms with Crippen molar-refractivity contribution in [2.75, 3.05) is 42.7 Å². The van der Waals surface area contributed by atoms with E-state index in [4.69, 9.17) is 28.4 Å². The van der Waals surface area contributed by atoms with Gasteiger partial charge < -0.3 is 28.4 Å². The Hall–Kier alpha value is -4.18. The highest BCUT2D eigenvalue weighted by Gasteiger charge is 2.29. The van der Waals surface area contributed by atoms with E-state index in [2.05, 4.69) is 0 Å². The number of rotatable bonds is 8. The summed E-state index contributed by atoms with van der Waals surface area (Å²) >= 11 is 1.34. The van der Waals surface area contributed by atoms with E-state index in [0.29, 0.717) is 55.6 Å². The van der Waals surface area contributed by atoms with E-state index in [1.807, 2.05) is 18.4 Å². The molecule has 0 aliphatic rings. The van der Waals surface area contributed by atoms with Crippen LogP contribution in [0.25, 0.3) is 26.9 Å². The van der Waals surface area contributed by atoms with Crippen molar-refractivity contribution < 1.29 is 33.2 Å². The first-order valence-electron chi connectivity index (χ1n) is 11.1. The fourth-order valence-corrected chi connectivity index (χ4v) is 5.25. The Bertz CT molecular complexity index is 1530. The third kappa shape index (κ3) is 4.23. The number of pyridine rings is 1. The smallest absolute Gasteiger partial charge is 0.355 e. The quantitative estimate of drug-likeness (QED) is 0.301. The molecular weight excluding hydrogens is 498 g/mol. The van der Waals surface area contributed by atoms with Gasteiger partial charge in [0.25, 0.3) is 5.56 Å². The summed E-state index contributed by atoms with van der Waals surface area (Å²) in [4.78, 5) is 27.4. The highest BCUT2D eigenvalue weighted by molar-refractivity contribution is 7.12. The number of thiophene rings is 1. The molecule has 0 aliphatic heterocycles. The second-order valence-corrected chi connectivity index (χ2v) is 8.83. The summed E-state index contributed by atoms with van der Waals surface area (Å²) in [6, 6.07) is 8.60. The average molecular weight is 526 g/mol. The topological polar surface area (TPSA) is 94.5 Å². The molecule has 10 heteroatoms. The summed E-state index contributed by atoms with van der Waals surface area (Å²) in [5, 5.41) is 3.23. The lowest BCUT2D eigenvalue weighted by atomic mass is 9.95. The lowest BCUT2D eigenvalue weighted by Gasteiger charge is -2.21. The number of carbonyl (C=O) groups excluding carboxylic acids is 1. The highest BCUT2D eigenvalue weighted by atomic mass is 32.1. The fourth-order valence-electron chi connectivity index (χ4n) is 4.32. The molecule has 2 heterocycles. The maximum absolute atomic E-state index is 14.0. The monoisotopic (exact) mass is 525 g/mol. The minimum Gasteiger partial charge on any atom is -0.493 e. The molecule has 4 rings (SSSR count). The Morgan fingerprint density at radius 2 is 1.35 bits per heavy atom. The Kier molecular flexibility index (Phi) is 7.30. The van der Waals surface area contributed by atoms with Crippen LogP contribution in [0.1, 0.15) is 16.1 Å². The molecular formula is C27H27NO8S. The molecule has 0 atom stereocenters. The zero-order valence-corrected chi connectivity index (χ0v) is 22.4. The van der Waals surface area contributed by atoms with Crippen LogP contribution in [0.5, 0.6) is 28.7 Å². The molecule has 0 saturated heterocycles. The largest absolute Gasteiger partial charge is 0.493 e. The normalized spacial score (nSPS) is 10.8. The van der Waals surface area contributed by atoms with Gasteiger partial charge in [0.1, 0.15) is 10.7 Å². The van der Waals surface area contributed by atoms with Crippen LogP contribution in [0.2, 0.25) is 0 Å². The van der Waals surface area contributed by atoms with Crippen LogP contribution in [0, 0.1) is 6.92 Å². The van der Waals surface area contributed by atoms with Crippen molar-refractivity contribution in [3.63, 3.8) is 0 Å². The van der Waals surface area contributed by atoms with Gasteiger partial charge >= 0.3 is 5.97 Å². The molecule has 0 radical (unpaired) electrons. The van der Waals surface area contributed by atoms with Crippen molar-refractivity contribution in [3.8, 4) is 44.9 Å². The first kappa shape index (κ1) is 25.9. The maximum Gasteiger partial charge on any atom is 0.355 e. The summed E-state index contributed by atoms with van der Waals surface area (Å²) in [6.45, 7) is 1.87. The van der Waals surface area contributed by atoms with Gasteiger partial charge in [-0.25, -0.2) is 4.79 Å². The third-order valence-corrected chi connectivity index (χ3v) is 7.06. The van der Waals surface area contributed by atoms with Crippen molar-refractivity contribution in [1.29, 1.82) is 0 Å². The van der Waals surface area contributed by atoms with E-state index in [1.165, 1.54) is 58.6 Å². The second kappa shape index (κ2) is 10.4. The number of fused-ring (bicyclic) bond motifs is 1. The van der Waals surface area contributed by atoms with Crippen LogP contribution in [-0.4, -0.2) is 53.2 Å². The molecule has 0 N–H and O–H groups in total. The van der Waals surface area contributed by atoms with Crippen molar-refractivity contribution >= 4 is 28.1 Å². The summed E-state index contributed by atoms with van der Waals surface area (Å²) in [6.07, 6.45) is 0. The maximum atomic E-state index is 14.0. The molecule has 9 nitrogen and oxygen atoms in total. The minimum absolute atomic E-state index is 0.0482. The number of aryl methyl sites for hydroxylation is 1. The van der Waals surface area contributed by atoms with Crippen LogP contribution in [0.3, 0.4) is 0 Å².